The minimum atomic E-state index is -0.812. The first-order valence-corrected chi connectivity index (χ1v) is 28.2. The number of carbonyl (C=O) groups is 3. The van der Waals surface area contributed by atoms with Gasteiger partial charge in [0.2, 0.25) is 0 Å². The van der Waals surface area contributed by atoms with E-state index in [-0.39, 0.29) is 37.5 Å². The SMILES string of the molecule is CC/C=C\C/C=C\C/C=C\C/C=C\C/C=C\C/C=C\C/C=C\CCCC(=O)OCC(COC(=O)CCCCCCCCCCCC)OC(=O)CCCCCCCC/C=C\C/C=C\C/C=C\C/C=C\CC. The van der Waals surface area contributed by atoms with Crippen molar-refractivity contribution in [2.45, 2.75) is 239 Å². The average Bonchev–Trinajstić information content (AvgIpc) is 3.36. The zero-order valence-corrected chi connectivity index (χ0v) is 45.0. The fourth-order valence-electron chi connectivity index (χ4n) is 7.24. The van der Waals surface area contributed by atoms with Crippen LogP contribution in [0.4, 0.5) is 0 Å². The highest BCUT2D eigenvalue weighted by Crippen LogP contribution is 2.14. The molecule has 0 aromatic heterocycles. The van der Waals surface area contributed by atoms with E-state index in [1.807, 2.05) is 0 Å². The summed E-state index contributed by atoms with van der Waals surface area (Å²) in [6, 6.07) is 0. The van der Waals surface area contributed by atoms with Crippen molar-refractivity contribution in [3.8, 4) is 0 Å². The topological polar surface area (TPSA) is 78.9 Å². The lowest BCUT2D eigenvalue weighted by molar-refractivity contribution is -0.167. The average molecular weight is 968 g/mol. The van der Waals surface area contributed by atoms with Crippen LogP contribution < -0.4 is 0 Å². The van der Waals surface area contributed by atoms with Crippen molar-refractivity contribution in [2.24, 2.45) is 0 Å². The summed E-state index contributed by atoms with van der Waals surface area (Å²) in [6.07, 6.45) is 80.2. The Morgan fingerprint density at radius 1 is 0.300 bits per heavy atom. The summed E-state index contributed by atoms with van der Waals surface area (Å²) in [4.78, 5) is 38.1. The Labute approximate surface area is 430 Å². The van der Waals surface area contributed by atoms with Gasteiger partial charge in [0.25, 0.3) is 0 Å². The third-order valence-corrected chi connectivity index (χ3v) is 11.4. The number of esters is 3. The van der Waals surface area contributed by atoms with Gasteiger partial charge >= 0.3 is 17.9 Å². The Balaban J connectivity index is 4.47. The van der Waals surface area contributed by atoms with Crippen LogP contribution in [0.15, 0.2) is 134 Å². The van der Waals surface area contributed by atoms with Crippen molar-refractivity contribution in [1.29, 1.82) is 0 Å². The molecule has 0 bridgehead atoms. The van der Waals surface area contributed by atoms with E-state index in [4.69, 9.17) is 14.2 Å². The smallest absolute Gasteiger partial charge is 0.306 e. The lowest BCUT2D eigenvalue weighted by atomic mass is 10.1. The molecule has 0 saturated heterocycles. The van der Waals surface area contributed by atoms with Gasteiger partial charge in [0.15, 0.2) is 6.10 Å². The Hall–Kier alpha value is -4.45. The van der Waals surface area contributed by atoms with Gasteiger partial charge in [-0.25, -0.2) is 0 Å². The number of rotatable bonds is 49. The lowest BCUT2D eigenvalue weighted by Crippen LogP contribution is -2.30. The lowest BCUT2D eigenvalue weighted by Gasteiger charge is -2.18. The number of hydrogen-bond acceptors (Lipinski definition) is 6. The van der Waals surface area contributed by atoms with Crippen LogP contribution in [0.25, 0.3) is 0 Å². The molecule has 0 fully saturated rings. The summed E-state index contributed by atoms with van der Waals surface area (Å²) in [5, 5.41) is 0. The molecule has 0 heterocycles. The van der Waals surface area contributed by atoms with Crippen molar-refractivity contribution >= 4 is 17.9 Å². The highest BCUT2D eigenvalue weighted by Gasteiger charge is 2.19. The van der Waals surface area contributed by atoms with E-state index in [0.29, 0.717) is 19.3 Å². The van der Waals surface area contributed by atoms with E-state index < -0.39 is 6.10 Å². The zero-order chi connectivity index (χ0) is 50.7. The zero-order valence-electron chi connectivity index (χ0n) is 45.0. The maximum atomic E-state index is 12.8. The molecule has 0 radical (unpaired) electrons. The van der Waals surface area contributed by atoms with Crippen LogP contribution in [0, 0.1) is 0 Å². The molecule has 0 aliphatic rings. The second-order valence-corrected chi connectivity index (χ2v) is 18.1. The van der Waals surface area contributed by atoms with Crippen LogP contribution in [0.1, 0.15) is 233 Å². The standard InChI is InChI=1S/C64H102O6/c1-4-7-10-13-16-19-22-24-26-28-30-31-32-33-35-36-38-40-42-45-48-51-54-57-63(66)69-60-61(59-68-62(65)56-53-50-47-44-21-18-15-12-9-6-3)70-64(67)58-55-52-49-46-43-41-39-37-34-29-27-25-23-20-17-14-11-8-5-2/h7-8,10-11,16-17,19-20,24-27,30-31,33-35,37-38,40,45,48,61H,4-6,9,12-15,18,21-23,28-29,32,36,39,41-44,46-47,49-60H2,1-3H3/b10-7-,11-8-,19-16-,20-17-,26-24-,27-25-,31-30-,35-33-,37-34-,40-38-,48-45-. The van der Waals surface area contributed by atoms with Gasteiger partial charge in [0.1, 0.15) is 13.2 Å². The van der Waals surface area contributed by atoms with Crippen LogP contribution in [0.2, 0.25) is 0 Å². The normalized spacial score (nSPS) is 13.1. The second kappa shape index (κ2) is 57.1. The van der Waals surface area contributed by atoms with Crippen molar-refractivity contribution in [3.05, 3.63) is 134 Å². The van der Waals surface area contributed by atoms with Gasteiger partial charge in [-0.1, -0.05) is 238 Å². The summed E-state index contributed by atoms with van der Waals surface area (Å²) < 4.78 is 16.8. The Bertz CT molecular complexity index is 1530. The largest absolute Gasteiger partial charge is 0.462 e. The first-order valence-electron chi connectivity index (χ1n) is 28.2. The molecule has 0 rings (SSSR count). The molecule has 0 aromatic carbocycles. The monoisotopic (exact) mass is 967 g/mol. The summed E-state index contributed by atoms with van der Waals surface area (Å²) in [5.74, 6) is -0.988. The van der Waals surface area contributed by atoms with E-state index in [0.717, 1.165) is 128 Å². The quantitative estimate of drug-likeness (QED) is 0.0262. The van der Waals surface area contributed by atoms with E-state index in [1.165, 1.54) is 57.8 Å². The summed E-state index contributed by atoms with van der Waals surface area (Å²) in [6.45, 7) is 6.33. The fraction of sp³-hybridized carbons (Fsp3) is 0.609. The first-order chi connectivity index (χ1) is 34.5. The van der Waals surface area contributed by atoms with Crippen molar-refractivity contribution in [3.63, 3.8) is 0 Å². The first kappa shape index (κ1) is 65.5. The molecule has 70 heavy (non-hydrogen) atoms. The molecule has 0 aliphatic carbocycles. The molecular weight excluding hydrogens is 865 g/mol. The number of unbranched alkanes of at least 4 members (excludes halogenated alkanes) is 16. The van der Waals surface area contributed by atoms with Crippen molar-refractivity contribution in [1.82, 2.24) is 0 Å². The molecule has 0 spiro atoms. The molecule has 0 amide bonds. The molecule has 1 unspecified atom stereocenters. The van der Waals surface area contributed by atoms with Crippen LogP contribution >= 0.6 is 0 Å². The molecule has 6 heteroatoms. The van der Waals surface area contributed by atoms with Gasteiger partial charge in [-0.2, -0.15) is 0 Å². The molecule has 0 saturated carbocycles. The summed E-state index contributed by atoms with van der Waals surface area (Å²) in [5.41, 5.74) is 0. The molecular formula is C64H102O6. The molecule has 6 nitrogen and oxygen atoms in total. The second-order valence-electron chi connectivity index (χ2n) is 18.1. The highest BCUT2D eigenvalue weighted by atomic mass is 16.6. The number of carbonyl (C=O) groups excluding carboxylic acids is 3. The van der Waals surface area contributed by atoms with Gasteiger partial charge in [0.05, 0.1) is 0 Å². The van der Waals surface area contributed by atoms with Gasteiger partial charge in [-0.05, 0) is 109 Å². The fourth-order valence-corrected chi connectivity index (χ4v) is 7.24. The van der Waals surface area contributed by atoms with Gasteiger partial charge < -0.3 is 14.2 Å². The van der Waals surface area contributed by atoms with Crippen LogP contribution in [0.5, 0.6) is 0 Å². The number of allylic oxidation sites excluding steroid dienone is 22. The molecule has 0 aliphatic heterocycles. The molecule has 394 valence electrons. The van der Waals surface area contributed by atoms with Gasteiger partial charge in [0, 0.05) is 19.3 Å². The maximum absolute atomic E-state index is 12.8. The minimum absolute atomic E-state index is 0.105. The maximum Gasteiger partial charge on any atom is 0.306 e. The third kappa shape index (κ3) is 54.5. The van der Waals surface area contributed by atoms with Crippen molar-refractivity contribution in [2.75, 3.05) is 13.2 Å². The highest BCUT2D eigenvalue weighted by molar-refractivity contribution is 5.71. The van der Waals surface area contributed by atoms with E-state index in [1.54, 1.807) is 0 Å². The third-order valence-electron chi connectivity index (χ3n) is 11.4. The van der Waals surface area contributed by atoms with Crippen LogP contribution in [0.3, 0.4) is 0 Å². The Morgan fingerprint density at radius 3 is 0.929 bits per heavy atom. The minimum Gasteiger partial charge on any atom is -0.462 e. The van der Waals surface area contributed by atoms with Crippen molar-refractivity contribution < 1.29 is 28.6 Å². The molecule has 1 atom stereocenters. The van der Waals surface area contributed by atoms with Crippen LogP contribution in [-0.2, 0) is 28.6 Å². The van der Waals surface area contributed by atoms with E-state index in [9.17, 15) is 14.4 Å². The summed E-state index contributed by atoms with van der Waals surface area (Å²) >= 11 is 0. The number of hydrogen-bond donors (Lipinski definition) is 0. The Kier molecular flexibility index (Phi) is 53.5. The van der Waals surface area contributed by atoms with E-state index >= 15 is 0 Å². The predicted molar refractivity (Wildman–Crippen MR) is 302 cm³/mol. The molecule has 0 N–H and O–H groups in total. The van der Waals surface area contributed by atoms with Crippen LogP contribution in [-0.4, -0.2) is 37.2 Å². The van der Waals surface area contributed by atoms with E-state index in [2.05, 4.69) is 154 Å². The predicted octanol–water partition coefficient (Wildman–Crippen LogP) is 19.0. The van der Waals surface area contributed by atoms with Gasteiger partial charge in [-0.3, -0.25) is 14.4 Å². The summed E-state index contributed by atoms with van der Waals surface area (Å²) in [7, 11) is 0. The Morgan fingerprint density at radius 2 is 0.571 bits per heavy atom. The number of ether oxygens (including phenoxy) is 3. The molecule has 0 aromatic rings. The van der Waals surface area contributed by atoms with Gasteiger partial charge in [-0.15, -0.1) is 0 Å².